The Morgan fingerprint density at radius 1 is 1.53 bits per heavy atom. The second kappa shape index (κ2) is 5.71. The van der Waals surface area contributed by atoms with Gasteiger partial charge in [0.25, 0.3) is 5.91 Å². The van der Waals surface area contributed by atoms with Gasteiger partial charge in [-0.05, 0) is 31.0 Å². The Morgan fingerprint density at radius 2 is 2.24 bits per heavy atom. The van der Waals surface area contributed by atoms with Crippen LogP contribution in [-0.2, 0) is 0 Å². The van der Waals surface area contributed by atoms with E-state index in [1.807, 2.05) is 19.1 Å². The minimum atomic E-state index is -0.0158. The highest BCUT2D eigenvalue weighted by Crippen LogP contribution is 2.21. The van der Waals surface area contributed by atoms with Crippen molar-refractivity contribution in [3.8, 4) is 0 Å². The average molecular weight is 275 g/mol. The molecule has 2 rings (SSSR count). The van der Waals surface area contributed by atoms with Crippen LogP contribution in [0.15, 0.2) is 18.2 Å². The van der Waals surface area contributed by atoms with Gasteiger partial charge in [0.1, 0.15) is 0 Å². The molecule has 0 spiro atoms. The van der Waals surface area contributed by atoms with Gasteiger partial charge in [-0.3, -0.25) is 4.79 Å². The van der Waals surface area contributed by atoms with Gasteiger partial charge in [-0.2, -0.15) is 0 Å². The Balaban J connectivity index is 0.00000144. The summed E-state index contributed by atoms with van der Waals surface area (Å²) in [5.41, 5.74) is 7.40. The molecule has 1 heterocycles. The number of amides is 1. The Morgan fingerprint density at radius 3 is 2.76 bits per heavy atom. The number of carbonyl (C=O) groups is 1. The van der Waals surface area contributed by atoms with Crippen LogP contribution >= 0.6 is 24.0 Å². The van der Waals surface area contributed by atoms with Gasteiger partial charge in [-0.1, -0.05) is 17.7 Å². The molecule has 0 aromatic heterocycles. The number of hydrogen-bond donors (Lipinski definition) is 1. The van der Waals surface area contributed by atoms with Gasteiger partial charge in [0.15, 0.2) is 0 Å². The molecule has 3 nitrogen and oxygen atoms in total. The zero-order valence-corrected chi connectivity index (χ0v) is 11.2. The number of benzene rings is 1. The van der Waals surface area contributed by atoms with E-state index in [2.05, 4.69) is 0 Å². The van der Waals surface area contributed by atoms with Crippen molar-refractivity contribution in [2.45, 2.75) is 19.4 Å². The fourth-order valence-electron chi connectivity index (χ4n) is 1.94. The summed E-state index contributed by atoms with van der Waals surface area (Å²) < 4.78 is 0. The summed E-state index contributed by atoms with van der Waals surface area (Å²) >= 11 is 6.06. The third-order valence-corrected chi connectivity index (χ3v) is 3.18. The van der Waals surface area contributed by atoms with Crippen LogP contribution in [-0.4, -0.2) is 29.9 Å². The third kappa shape index (κ3) is 3.12. The molecule has 0 saturated carbocycles. The topological polar surface area (TPSA) is 46.3 Å². The molecular formula is C12H16Cl2N2O. The van der Waals surface area contributed by atoms with Crippen LogP contribution < -0.4 is 5.73 Å². The van der Waals surface area contributed by atoms with Crippen LogP contribution in [0.2, 0.25) is 5.02 Å². The number of hydrogen-bond acceptors (Lipinski definition) is 2. The molecular weight excluding hydrogens is 259 g/mol. The van der Waals surface area contributed by atoms with Crippen LogP contribution in [0, 0.1) is 6.92 Å². The van der Waals surface area contributed by atoms with Gasteiger partial charge < -0.3 is 10.6 Å². The number of aryl methyl sites for hydroxylation is 1. The molecule has 0 aliphatic carbocycles. The number of rotatable bonds is 1. The van der Waals surface area contributed by atoms with E-state index in [4.69, 9.17) is 17.3 Å². The lowest BCUT2D eigenvalue weighted by Crippen LogP contribution is -2.32. The third-order valence-electron chi connectivity index (χ3n) is 2.87. The van der Waals surface area contributed by atoms with E-state index in [1.54, 1.807) is 11.0 Å². The summed E-state index contributed by atoms with van der Waals surface area (Å²) in [6.45, 7) is 3.30. The maximum absolute atomic E-state index is 12.1. The minimum absolute atomic E-state index is 0. The lowest BCUT2D eigenvalue weighted by atomic mass is 10.1. The minimum Gasteiger partial charge on any atom is -0.337 e. The molecule has 5 heteroatoms. The molecule has 1 aliphatic rings. The van der Waals surface area contributed by atoms with Crippen molar-refractivity contribution in [3.63, 3.8) is 0 Å². The molecule has 1 saturated heterocycles. The Kier molecular flexibility index (Phi) is 4.80. The smallest absolute Gasteiger partial charge is 0.255 e. The zero-order chi connectivity index (χ0) is 11.7. The standard InChI is InChI=1S/C12H15ClN2O.ClH/c1-8-2-3-10(11(13)6-8)12(16)15-5-4-9(14)7-15;/h2-3,6,9H,4-5,7,14H2,1H3;1H/t9-;/m1./s1. The molecule has 1 aromatic carbocycles. The summed E-state index contributed by atoms with van der Waals surface area (Å²) in [5, 5.41) is 0.519. The summed E-state index contributed by atoms with van der Waals surface area (Å²) in [6, 6.07) is 5.59. The summed E-state index contributed by atoms with van der Waals surface area (Å²) in [5.74, 6) is -0.0158. The van der Waals surface area contributed by atoms with E-state index < -0.39 is 0 Å². The van der Waals surface area contributed by atoms with Crippen LogP contribution in [0.25, 0.3) is 0 Å². The van der Waals surface area contributed by atoms with Crippen LogP contribution in [0.3, 0.4) is 0 Å². The molecule has 0 radical (unpaired) electrons. The van der Waals surface area contributed by atoms with Crippen molar-refractivity contribution < 1.29 is 4.79 Å². The highest BCUT2D eigenvalue weighted by Gasteiger charge is 2.25. The molecule has 0 bridgehead atoms. The number of halogens is 2. The predicted molar refractivity (Wildman–Crippen MR) is 71.9 cm³/mol. The molecule has 2 N–H and O–H groups in total. The monoisotopic (exact) mass is 274 g/mol. The number of nitrogens with two attached hydrogens (primary N) is 1. The van der Waals surface area contributed by atoms with Crippen molar-refractivity contribution in [2.24, 2.45) is 5.73 Å². The highest BCUT2D eigenvalue weighted by atomic mass is 35.5. The van der Waals surface area contributed by atoms with Crippen molar-refractivity contribution in [1.29, 1.82) is 0 Å². The van der Waals surface area contributed by atoms with Gasteiger partial charge in [0, 0.05) is 19.1 Å². The van der Waals surface area contributed by atoms with Crippen molar-refractivity contribution in [3.05, 3.63) is 34.3 Å². The average Bonchev–Trinajstić information content (AvgIpc) is 2.64. The second-order valence-corrected chi connectivity index (χ2v) is 4.69. The van der Waals surface area contributed by atoms with Crippen molar-refractivity contribution >= 4 is 29.9 Å². The molecule has 0 unspecified atom stereocenters. The quantitative estimate of drug-likeness (QED) is 0.854. The van der Waals surface area contributed by atoms with Gasteiger partial charge in [-0.15, -0.1) is 12.4 Å². The zero-order valence-electron chi connectivity index (χ0n) is 9.65. The fourth-order valence-corrected chi connectivity index (χ4v) is 2.25. The van der Waals surface area contributed by atoms with E-state index in [-0.39, 0.29) is 24.4 Å². The van der Waals surface area contributed by atoms with Gasteiger partial charge in [0.05, 0.1) is 10.6 Å². The maximum Gasteiger partial charge on any atom is 0.255 e. The van der Waals surface area contributed by atoms with Crippen LogP contribution in [0.1, 0.15) is 22.3 Å². The lowest BCUT2D eigenvalue weighted by molar-refractivity contribution is 0.0791. The Bertz CT molecular complexity index is 423. The normalized spacial score (nSPS) is 19.0. The van der Waals surface area contributed by atoms with E-state index in [1.165, 1.54) is 0 Å². The first-order valence-electron chi connectivity index (χ1n) is 5.39. The predicted octanol–water partition coefficient (Wildman–Crippen LogP) is 2.24. The molecule has 1 atom stereocenters. The Labute approximate surface area is 112 Å². The SMILES string of the molecule is Cc1ccc(C(=O)N2CC[C@@H](N)C2)c(Cl)c1.Cl. The maximum atomic E-state index is 12.1. The van der Waals surface area contributed by atoms with Crippen LogP contribution in [0.5, 0.6) is 0 Å². The molecule has 1 fully saturated rings. The van der Waals surface area contributed by atoms with E-state index in [9.17, 15) is 4.79 Å². The first-order chi connectivity index (χ1) is 7.58. The van der Waals surface area contributed by atoms with Gasteiger partial charge in [-0.25, -0.2) is 0 Å². The first-order valence-corrected chi connectivity index (χ1v) is 5.76. The van der Waals surface area contributed by atoms with E-state index in [0.29, 0.717) is 17.1 Å². The fraction of sp³-hybridized carbons (Fsp3) is 0.417. The van der Waals surface area contributed by atoms with Gasteiger partial charge in [0.2, 0.25) is 0 Å². The first kappa shape index (κ1) is 14.3. The highest BCUT2D eigenvalue weighted by molar-refractivity contribution is 6.33. The van der Waals surface area contributed by atoms with Gasteiger partial charge >= 0.3 is 0 Å². The van der Waals surface area contributed by atoms with E-state index >= 15 is 0 Å². The molecule has 17 heavy (non-hydrogen) atoms. The summed E-state index contributed by atoms with van der Waals surface area (Å²) in [6.07, 6.45) is 0.870. The lowest BCUT2D eigenvalue weighted by Gasteiger charge is -2.16. The number of carbonyl (C=O) groups excluding carboxylic acids is 1. The van der Waals surface area contributed by atoms with Crippen molar-refractivity contribution in [1.82, 2.24) is 4.90 Å². The molecule has 1 amide bonds. The second-order valence-electron chi connectivity index (χ2n) is 4.28. The van der Waals surface area contributed by atoms with Crippen molar-refractivity contribution in [2.75, 3.05) is 13.1 Å². The summed E-state index contributed by atoms with van der Waals surface area (Å²) in [7, 11) is 0. The summed E-state index contributed by atoms with van der Waals surface area (Å²) in [4.78, 5) is 13.9. The van der Waals surface area contributed by atoms with Crippen LogP contribution in [0.4, 0.5) is 0 Å². The number of nitrogens with zero attached hydrogens (tertiary/aromatic N) is 1. The molecule has 1 aromatic rings. The Hall–Kier alpha value is -0.770. The molecule has 94 valence electrons. The largest absolute Gasteiger partial charge is 0.337 e. The number of likely N-dealkylation sites (tertiary alicyclic amines) is 1. The molecule has 1 aliphatic heterocycles. The van der Waals surface area contributed by atoms with E-state index in [0.717, 1.165) is 18.5 Å².